The topological polar surface area (TPSA) is 144 Å². The number of H-pyrrole nitrogens is 1. The van der Waals surface area contributed by atoms with Crippen LogP contribution in [-0.4, -0.2) is 52.4 Å². The van der Waals surface area contributed by atoms with Crippen molar-refractivity contribution in [1.29, 1.82) is 0 Å². The number of quaternary nitrogens is 1. The van der Waals surface area contributed by atoms with E-state index in [4.69, 9.17) is 0 Å². The van der Waals surface area contributed by atoms with Gasteiger partial charge in [-0.2, -0.15) is 0 Å². The molecule has 9 heteroatoms. The minimum Gasteiger partial charge on any atom is -0.548 e. The molecule has 23 heavy (non-hydrogen) atoms. The minimum absolute atomic E-state index is 0.198. The predicted octanol–water partition coefficient (Wildman–Crippen LogP) is -3.58. The molecule has 1 aliphatic heterocycles. The molecule has 3 atom stereocenters. The molecule has 1 aliphatic rings. The molecule has 2 heterocycles. The average molecular weight is 323 g/mol. The summed E-state index contributed by atoms with van der Waals surface area (Å²) in [5, 5.41) is 17.7. The first-order chi connectivity index (χ1) is 11.0. The van der Waals surface area contributed by atoms with Crippen molar-refractivity contribution in [3.05, 3.63) is 18.2 Å². The number of aliphatic carboxylic acids is 1. The standard InChI is InChI=1S/C14H21N5O4/c1-8(14(22)23)18-13(21)11(5-9-6-15-7-17-9)19-12(20)10-3-2-4-16-10/h6-8,10-11,16H,2-5H2,1H3,(H,15,17)(H,18,21)(H,19,20)(H,22,23)/t8-,10-,11-/m0/s1. The maximum absolute atomic E-state index is 12.3. The Bertz CT molecular complexity index is 554. The van der Waals surface area contributed by atoms with E-state index < -0.39 is 24.0 Å². The normalized spacial score (nSPS) is 19.8. The maximum atomic E-state index is 12.3. The van der Waals surface area contributed by atoms with Gasteiger partial charge in [-0.15, -0.1) is 0 Å². The van der Waals surface area contributed by atoms with Crippen LogP contribution in [0.3, 0.4) is 0 Å². The van der Waals surface area contributed by atoms with E-state index in [-0.39, 0.29) is 18.4 Å². The van der Waals surface area contributed by atoms with E-state index in [0.717, 1.165) is 19.4 Å². The number of imidazole rings is 1. The van der Waals surface area contributed by atoms with E-state index in [1.165, 1.54) is 13.3 Å². The maximum Gasteiger partial charge on any atom is 0.278 e. The Morgan fingerprint density at radius 3 is 2.83 bits per heavy atom. The molecular formula is C14H21N5O4. The number of aromatic amines is 1. The van der Waals surface area contributed by atoms with Crippen LogP contribution < -0.4 is 21.1 Å². The quantitative estimate of drug-likeness (QED) is 0.410. The molecule has 1 fully saturated rings. The first-order valence-corrected chi connectivity index (χ1v) is 7.59. The third-order valence-electron chi connectivity index (χ3n) is 3.83. The van der Waals surface area contributed by atoms with E-state index in [2.05, 4.69) is 20.6 Å². The van der Waals surface area contributed by atoms with Crippen LogP contribution in [0.5, 0.6) is 0 Å². The highest BCUT2D eigenvalue weighted by molar-refractivity contribution is 5.91. The number of nitrogens with two attached hydrogens (primary N) is 1. The van der Waals surface area contributed by atoms with Gasteiger partial charge in [0.2, 0.25) is 5.91 Å². The molecule has 0 saturated carbocycles. The van der Waals surface area contributed by atoms with Gasteiger partial charge in [0.05, 0.1) is 24.9 Å². The number of rotatable bonds is 7. The fraction of sp³-hybridized carbons (Fsp3) is 0.571. The van der Waals surface area contributed by atoms with Crippen molar-refractivity contribution in [2.45, 2.75) is 44.3 Å². The lowest BCUT2D eigenvalue weighted by Crippen LogP contribution is -2.89. The minimum atomic E-state index is -1.38. The average Bonchev–Trinajstić information content (AvgIpc) is 3.19. The number of carbonyl (C=O) groups excluding carboxylic acids is 3. The molecule has 1 aromatic heterocycles. The summed E-state index contributed by atoms with van der Waals surface area (Å²) in [4.78, 5) is 42.0. The summed E-state index contributed by atoms with van der Waals surface area (Å²) in [6, 6.07) is -2.22. The first-order valence-electron chi connectivity index (χ1n) is 7.59. The summed E-state index contributed by atoms with van der Waals surface area (Å²) in [5.41, 5.74) is 0.668. The van der Waals surface area contributed by atoms with Gasteiger partial charge in [0.25, 0.3) is 5.91 Å². The van der Waals surface area contributed by atoms with Gasteiger partial charge in [-0.25, -0.2) is 4.98 Å². The number of carboxylic acids is 1. The number of carbonyl (C=O) groups is 3. The van der Waals surface area contributed by atoms with Crippen molar-refractivity contribution >= 4 is 17.8 Å². The van der Waals surface area contributed by atoms with Gasteiger partial charge in [-0.3, -0.25) is 9.59 Å². The van der Waals surface area contributed by atoms with Crippen LogP contribution in [0.1, 0.15) is 25.5 Å². The molecule has 0 bridgehead atoms. The lowest BCUT2D eigenvalue weighted by Gasteiger charge is -2.22. The van der Waals surface area contributed by atoms with E-state index in [1.807, 2.05) is 5.32 Å². The van der Waals surface area contributed by atoms with E-state index in [0.29, 0.717) is 5.69 Å². The molecule has 5 N–H and O–H groups in total. The number of hydrogen-bond acceptors (Lipinski definition) is 5. The largest absolute Gasteiger partial charge is 0.548 e. The van der Waals surface area contributed by atoms with Crippen molar-refractivity contribution in [1.82, 2.24) is 20.6 Å². The molecule has 0 spiro atoms. The predicted molar refractivity (Wildman–Crippen MR) is 76.6 cm³/mol. The fourth-order valence-electron chi connectivity index (χ4n) is 2.49. The van der Waals surface area contributed by atoms with Crippen molar-refractivity contribution in [2.75, 3.05) is 6.54 Å². The van der Waals surface area contributed by atoms with E-state index >= 15 is 0 Å². The van der Waals surface area contributed by atoms with Gasteiger partial charge in [-0.05, 0) is 6.92 Å². The highest BCUT2D eigenvalue weighted by Crippen LogP contribution is 2.03. The van der Waals surface area contributed by atoms with Crippen molar-refractivity contribution in [3.8, 4) is 0 Å². The Labute approximate surface area is 133 Å². The smallest absolute Gasteiger partial charge is 0.278 e. The zero-order valence-electron chi connectivity index (χ0n) is 12.9. The van der Waals surface area contributed by atoms with Crippen LogP contribution in [0.15, 0.2) is 12.5 Å². The highest BCUT2D eigenvalue weighted by atomic mass is 16.4. The molecule has 0 aromatic carbocycles. The van der Waals surface area contributed by atoms with Gasteiger partial charge in [0.1, 0.15) is 6.04 Å². The van der Waals surface area contributed by atoms with E-state index in [9.17, 15) is 19.5 Å². The molecule has 0 aliphatic carbocycles. The van der Waals surface area contributed by atoms with Crippen LogP contribution in [0.4, 0.5) is 0 Å². The number of aromatic nitrogens is 2. The first kappa shape index (κ1) is 16.9. The van der Waals surface area contributed by atoms with Crippen LogP contribution in [-0.2, 0) is 20.8 Å². The van der Waals surface area contributed by atoms with Crippen LogP contribution in [0.25, 0.3) is 0 Å². The van der Waals surface area contributed by atoms with Crippen LogP contribution in [0.2, 0.25) is 0 Å². The van der Waals surface area contributed by atoms with Gasteiger partial charge >= 0.3 is 0 Å². The molecule has 1 aromatic rings. The fourth-order valence-corrected chi connectivity index (χ4v) is 2.49. The number of amides is 2. The number of carboxylic acid groups (broad SMARTS) is 1. The monoisotopic (exact) mass is 323 g/mol. The van der Waals surface area contributed by atoms with Gasteiger partial charge < -0.3 is 30.8 Å². The summed E-state index contributed by atoms with van der Waals surface area (Å²) >= 11 is 0. The molecule has 2 amide bonds. The molecular weight excluding hydrogens is 302 g/mol. The summed E-state index contributed by atoms with van der Waals surface area (Å²) < 4.78 is 0. The van der Waals surface area contributed by atoms with Gasteiger partial charge in [-0.1, -0.05) is 0 Å². The molecule has 126 valence electrons. The zero-order valence-corrected chi connectivity index (χ0v) is 12.9. The lowest BCUT2D eigenvalue weighted by atomic mass is 10.1. The molecule has 0 radical (unpaired) electrons. The number of nitrogens with zero attached hydrogens (tertiary/aromatic N) is 1. The third kappa shape index (κ3) is 4.78. The lowest BCUT2D eigenvalue weighted by molar-refractivity contribution is -0.657. The van der Waals surface area contributed by atoms with Crippen molar-refractivity contribution in [2.24, 2.45) is 0 Å². The van der Waals surface area contributed by atoms with Gasteiger partial charge in [0.15, 0.2) is 6.04 Å². The second kappa shape index (κ2) is 7.73. The summed E-state index contributed by atoms with van der Waals surface area (Å²) in [5.74, 6) is -2.17. The SMILES string of the molecule is C[C@H](NC(=O)[C@H](Cc1cnc[nH]1)NC(=O)[C@@H]1CCC[NH2+]1)C(=O)[O-]. The summed E-state index contributed by atoms with van der Waals surface area (Å²) in [6.45, 7) is 2.20. The molecule has 9 nitrogen and oxygen atoms in total. The third-order valence-corrected chi connectivity index (χ3v) is 3.83. The van der Waals surface area contributed by atoms with Crippen LogP contribution in [0, 0.1) is 0 Å². The Balaban J connectivity index is 2.02. The number of nitrogens with one attached hydrogen (secondary N) is 3. The Morgan fingerprint density at radius 1 is 1.48 bits per heavy atom. The Kier molecular flexibility index (Phi) is 5.69. The Morgan fingerprint density at radius 2 is 2.26 bits per heavy atom. The van der Waals surface area contributed by atoms with Crippen molar-refractivity contribution < 1.29 is 24.8 Å². The molecule has 0 unspecified atom stereocenters. The second-order valence-electron chi connectivity index (χ2n) is 5.66. The molecule has 1 saturated heterocycles. The van der Waals surface area contributed by atoms with Crippen LogP contribution >= 0.6 is 0 Å². The van der Waals surface area contributed by atoms with E-state index in [1.54, 1.807) is 6.20 Å². The Hall–Kier alpha value is -2.42. The summed E-state index contributed by atoms with van der Waals surface area (Å²) in [6.07, 6.45) is 4.94. The molecule has 2 rings (SSSR count). The summed E-state index contributed by atoms with van der Waals surface area (Å²) in [7, 11) is 0. The highest BCUT2D eigenvalue weighted by Gasteiger charge is 2.30. The zero-order chi connectivity index (χ0) is 16.8. The van der Waals surface area contributed by atoms with Gasteiger partial charge in [0, 0.05) is 31.2 Å². The number of hydrogen-bond donors (Lipinski definition) is 4. The second-order valence-corrected chi connectivity index (χ2v) is 5.66. The van der Waals surface area contributed by atoms with Crippen molar-refractivity contribution in [3.63, 3.8) is 0 Å².